The molecule has 0 aromatic heterocycles. The molecule has 0 radical (unpaired) electrons. The van der Waals surface area contributed by atoms with Gasteiger partial charge < -0.3 is 4.90 Å². The van der Waals surface area contributed by atoms with Gasteiger partial charge in [-0.2, -0.15) is 8.42 Å². The van der Waals surface area contributed by atoms with Gasteiger partial charge in [0.2, 0.25) is 0 Å². The molecule has 0 saturated carbocycles. The van der Waals surface area contributed by atoms with Crippen molar-refractivity contribution in [3.8, 4) is 0 Å². The minimum absolute atomic E-state index is 0.181. The first-order valence-corrected chi connectivity index (χ1v) is 10.1. The van der Waals surface area contributed by atoms with Crippen LogP contribution in [0.4, 0.5) is 0 Å². The van der Waals surface area contributed by atoms with E-state index in [1.807, 2.05) is 18.7 Å². The SMILES string of the molecule is CCCCCC/C(=N\S(=O)(=O)c1ccc(Cl)cc1)N(CC)CC. The minimum atomic E-state index is -3.70. The summed E-state index contributed by atoms with van der Waals surface area (Å²) in [5.74, 6) is 0.654. The number of sulfonamides is 1. The molecule has 1 aromatic rings. The van der Waals surface area contributed by atoms with Crippen molar-refractivity contribution < 1.29 is 8.42 Å². The van der Waals surface area contributed by atoms with E-state index < -0.39 is 10.0 Å². The highest BCUT2D eigenvalue weighted by molar-refractivity contribution is 7.90. The highest BCUT2D eigenvalue weighted by Gasteiger charge is 2.17. The first kappa shape index (κ1) is 20.0. The van der Waals surface area contributed by atoms with Crippen LogP contribution in [0.5, 0.6) is 0 Å². The van der Waals surface area contributed by atoms with E-state index in [0.717, 1.165) is 38.8 Å². The lowest BCUT2D eigenvalue weighted by Crippen LogP contribution is -2.31. The van der Waals surface area contributed by atoms with Crippen molar-refractivity contribution in [2.75, 3.05) is 13.1 Å². The molecule has 23 heavy (non-hydrogen) atoms. The van der Waals surface area contributed by atoms with Crippen molar-refractivity contribution in [2.24, 2.45) is 4.40 Å². The van der Waals surface area contributed by atoms with Crippen LogP contribution in [0.2, 0.25) is 5.02 Å². The quantitative estimate of drug-likeness (QED) is 0.364. The summed E-state index contributed by atoms with van der Waals surface area (Å²) in [5.41, 5.74) is 0. The fourth-order valence-corrected chi connectivity index (χ4v) is 3.55. The number of nitrogens with zero attached hydrogens (tertiary/aromatic N) is 2. The molecular formula is C17H27ClN2O2S. The Labute approximate surface area is 145 Å². The van der Waals surface area contributed by atoms with E-state index in [9.17, 15) is 8.42 Å². The van der Waals surface area contributed by atoms with Gasteiger partial charge in [-0.1, -0.05) is 37.8 Å². The first-order chi connectivity index (χ1) is 10.9. The van der Waals surface area contributed by atoms with E-state index in [1.54, 1.807) is 12.1 Å². The van der Waals surface area contributed by atoms with Crippen molar-refractivity contribution >= 4 is 27.5 Å². The molecule has 0 aliphatic carbocycles. The van der Waals surface area contributed by atoms with E-state index in [-0.39, 0.29) is 4.90 Å². The second kappa shape index (κ2) is 9.93. The normalized spacial score (nSPS) is 12.4. The molecule has 0 aliphatic heterocycles. The topological polar surface area (TPSA) is 49.7 Å². The molecule has 6 heteroatoms. The van der Waals surface area contributed by atoms with Gasteiger partial charge in [0.1, 0.15) is 5.84 Å². The van der Waals surface area contributed by atoms with Gasteiger partial charge in [0.15, 0.2) is 0 Å². The summed E-state index contributed by atoms with van der Waals surface area (Å²) in [4.78, 5) is 2.19. The molecule has 0 aliphatic rings. The summed E-state index contributed by atoms with van der Waals surface area (Å²) in [6, 6.07) is 6.14. The number of rotatable bonds is 9. The van der Waals surface area contributed by atoms with E-state index >= 15 is 0 Å². The Morgan fingerprint density at radius 1 is 1.04 bits per heavy atom. The van der Waals surface area contributed by atoms with Crippen molar-refractivity contribution in [1.82, 2.24) is 4.90 Å². The van der Waals surface area contributed by atoms with Crippen molar-refractivity contribution in [3.63, 3.8) is 0 Å². The van der Waals surface area contributed by atoms with Gasteiger partial charge in [0.25, 0.3) is 10.0 Å². The predicted molar refractivity (Wildman–Crippen MR) is 97.8 cm³/mol. The van der Waals surface area contributed by atoms with E-state index in [4.69, 9.17) is 11.6 Å². The zero-order valence-electron chi connectivity index (χ0n) is 14.3. The average molecular weight is 359 g/mol. The van der Waals surface area contributed by atoms with Gasteiger partial charge in [-0.15, -0.1) is 4.40 Å². The van der Waals surface area contributed by atoms with Crippen molar-refractivity contribution in [3.05, 3.63) is 29.3 Å². The maximum atomic E-state index is 12.5. The van der Waals surface area contributed by atoms with Crippen LogP contribution in [0, 0.1) is 0 Å². The number of unbranched alkanes of at least 4 members (excludes halogenated alkanes) is 3. The molecule has 1 rings (SSSR count). The fraction of sp³-hybridized carbons (Fsp3) is 0.588. The van der Waals surface area contributed by atoms with Crippen LogP contribution >= 0.6 is 11.6 Å². The van der Waals surface area contributed by atoms with Crippen LogP contribution in [0.15, 0.2) is 33.6 Å². The van der Waals surface area contributed by atoms with Gasteiger partial charge in [-0.05, 0) is 44.5 Å². The molecule has 0 spiro atoms. The van der Waals surface area contributed by atoms with Crippen LogP contribution in [-0.2, 0) is 10.0 Å². The van der Waals surface area contributed by atoms with Gasteiger partial charge in [0.05, 0.1) is 4.90 Å². The average Bonchev–Trinajstić information content (AvgIpc) is 2.52. The van der Waals surface area contributed by atoms with Crippen LogP contribution in [0.3, 0.4) is 0 Å². The molecule has 0 bridgehead atoms. The maximum Gasteiger partial charge on any atom is 0.283 e. The molecule has 0 atom stereocenters. The Morgan fingerprint density at radius 3 is 2.17 bits per heavy atom. The molecule has 0 unspecified atom stereocenters. The minimum Gasteiger partial charge on any atom is -0.360 e. The monoisotopic (exact) mass is 358 g/mol. The summed E-state index contributed by atoms with van der Waals surface area (Å²) >= 11 is 5.82. The Bertz CT molecular complexity index is 594. The van der Waals surface area contributed by atoms with Gasteiger partial charge in [-0.3, -0.25) is 0 Å². The van der Waals surface area contributed by atoms with Crippen LogP contribution in [0.1, 0.15) is 52.9 Å². The molecule has 0 N–H and O–H groups in total. The highest BCUT2D eigenvalue weighted by atomic mass is 35.5. The predicted octanol–water partition coefficient (Wildman–Crippen LogP) is 4.74. The maximum absolute atomic E-state index is 12.5. The zero-order valence-corrected chi connectivity index (χ0v) is 15.8. The number of hydrogen-bond donors (Lipinski definition) is 0. The third-order valence-electron chi connectivity index (χ3n) is 3.72. The molecule has 0 heterocycles. The summed E-state index contributed by atoms with van der Waals surface area (Å²) in [5, 5.41) is 0.511. The van der Waals surface area contributed by atoms with Crippen molar-refractivity contribution in [2.45, 2.75) is 57.8 Å². The van der Waals surface area contributed by atoms with Crippen LogP contribution in [-0.4, -0.2) is 32.2 Å². The molecule has 0 amide bonds. The van der Waals surface area contributed by atoms with Gasteiger partial charge >= 0.3 is 0 Å². The Morgan fingerprint density at radius 2 is 1.65 bits per heavy atom. The number of amidine groups is 1. The third kappa shape index (κ3) is 6.51. The lowest BCUT2D eigenvalue weighted by molar-refractivity contribution is 0.451. The standard InChI is InChI=1S/C17H27ClN2O2S/c1-4-7-8-9-10-17(20(5-2)6-3)19-23(21,22)16-13-11-15(18)12-14-16/h11-14H,4-10H2,1-3H3/b19-17+. The Balaban J connectivity index is 3.02. The summed E-state index contributed by atoms with van der Waals surface area (Å²) in [7, 11) is -3.70. The second-order valence-electron chi connectivity index (χ2n) is 5.42. The summed E-state index contributed by atoms with van der Waals surface area (Å²) < 4.78 is 29.2. The fourth-order valence-electron chi connectivity index (χ4n) is 2.36. The first-order valence-electron chi connectivity index (χ1n) is 8.28. The Hall–Kier alpha value is -1.07. The van der Waals surface area contributed by atoms with Gasteiger partial charge in [-0.25, -0.2) is 0 Å². The third-order valence-corrected chi connectivity index (χ3v) is 5.29. The largest absolute Gasteiger partial charge is 0.360 e. The van der Waals surface area contributed by atoms with E-state index in [2.05, 4.69) is 11.3 Å². The molecule has 130 valence electrons. The molecule has 4 nitrogen and oxygen atoms in total. The molecular weight excluding hydrogens is 332 g/mol. The van der Waals surface area contributed by atoms with Crippen LogP contribution in [0.25, 0.3) is 0 Å². The van der Waals surface area contributed by atoms with Gasteiger partial charge in [0, 0.05) is 24.5 Å². The Kier molecular flexibility index (Phi) is 8.63. The lowest BCUT2D eigenvalue weighted by atomic mass is 10.1. The molecule has 0 fully saturated rings. The number of benzene rings is 1. The van der Waals surface area contributed by atoms with E-state index in [1.165, 1.54) is 12.1 Å². The lowest BCUT2D eigenvalue weighted by Gasteiger charge is -2.23. The molecule has 1 aromatic carbocycles. The summed E-state index contributed by atoms with van der Waals surface area (Å²) in [6.45, 7) is 7.68. The summed E-state index contributed by atoms with van der Waals surface area (Å²) in [6.07, 6.45) is 5.06. The zero-order chi connectivity index (χ0) is 17.3. The smallest absolute Gasteiger partial charge is 0.283 e. The van der Waals surface area contributed by atoms with Crippen molar-refractivity contribution in [1.29, 1.82) is 0 Å². The molecule has 0 saturated heterocycles. The second-order valence-corrected chi connectivity index (χ2v) is 7.46. The highest BCUT2D eigenvalue weighted by Crippen LogP contribution is 2.18. The van der Waals surface area contributed by atoms with E-state index in [0.29, 0.717) is 17.3 Å². The number of halogens is 1. The van der Waals surface area contributed by atoms with Crippen LogP contribution < -0.4 is 0 Å². The number of hydrogen-bond acceptors (Lipinski definition) is 2.